The number of likely N-dealkylation sites (tertiary alicyclic amines) is 1. The second kappa shape index (κ2) is 5.57. The highest BCUT2D eigenvalue weighted by molar-refractivity contribution is 5.81. The summed E-state index contributed by atoms with van der Waals surface area (Å²) in [4.78, 5) is 15.2. The van der Waals surface area contributed by atoms with Crippen molar-refractivity contribution in [2.75, 3.05) is 13.1 Å². The Kier molecular flexibility index (Phi) is 3.54. The zero-order chi connectivity index (χ0) is 17.2. The van der Waals surface area contributed by atoms with Gasteiger partial charge in [0.25, 0.3) is 0 Å². The third kappa shape index (κ3) is 2.38. The number of ketones is 1. The van der Waals surface area contributed by atoms with E-state index in [4.69, 9.17) is 0 Å². The molecule has 1 heterocycles. The molecule has 5 rings (SSSR count). The summed E-state index contributed by atoms with van der Waals surface area (Å²) in [5, 5.41) is 10.3. The molecule has 4 aliphatic rings. The number of phenols is 1. The molecule has 0 radical (unpaired) electrons. The fourth-order valence-electron chi connectivity index (χ4n) is 6.25. The lowest BCUT2D eigenvalue weighted by molar-refractivity contribution is -0.127. The van der Waals surface area contributed by atoms with Crippen LogP contribution in [0.2, 0.25) is 0 Å². The maximum atomic E-state index is 12.5. The molecule has 0 spiro atoms. The van der Waals surface area contributed by atoms with Crippen LogP contribution >= 0.6 is 0 Å². The highest BCUT2D eigenvalue weighted by atomic mass is 16.3. The van der Waals surface area contributed by atoms with Gasteiger partial charge in [-0.25, -0.2) is 0 Å². The van der Waals surface area contributed by atoms with Crippen LogP contribution in [0.1, 0.15) is 62.1 Å². The Morgan fingerprint density at radius 1 is 1.28 bits per heavy atom. The number of carbonyl (C=O) groups is 1. The van der Waals surface area contributed by atoms with Crippen LogP contribution in [0.5, 0.6) is 5.75 Å². The minimum absolute atomic E-state index is 0.00368. The van der Waals surface area contributed by atoms with E-state index in [1.807, 2.05) is 12.1 Å². The second-order valence-corrected chi connectivity index (χ2v) is 8.96. The molecule has 3 heteroatoms. The number of phenolic OH excluding ortho intramolecular Hbond substituents is 1. The number of hydrogen-bond donors (Lipinski definition) is 1. The summed E-state index contributed by atoms with van der Waals surface area (Å²) in [5.41, 5.74) is 4.07. The van der Waals surface area contributed by atoms with Crippen molar-refractivity contribution in [1.29, 1.82) is 0 Å². The fraction of sp³-hybridized carbons (Fsp3) is 0.682. The topological polar surface area (TPSA) is 40.5 Å². The van der Waals surface area contributed by atoms with E-state index in [0.29, 0.717) is 29.9 Å². The van der Waals surface area contributed by atoms with Crippen LogP contribution < -0.4 is 0 Å². The number of aromatic hydroxyl groups is 1. The molecular formula is C22H29NO2. The predicted molar refractivity (Wildman–Crippen MR) is 97.9 cm³/mol. The Morgan fingerprint density at radius 3 is 2.88 bits per heavy atom. The number of rotatable bonds is 3. The Hall–Kier alpha value is -1.35. The van der Waals surface area contributed by atoms with Crippen LogP contribution in [0.15, 0.2) is 12.1 Å². The van der Waals surface area contributed by atoms with Gasteiger partial charge in [-0.1, -0.05) is 6.92 Å². The van der Waals surface area contributed by atoms with Gasteiger partial charge in [0, 0.05) is 30.8 Å². The van der Waals surface area contributed by atoms with Gasteiger partial charge in [0.15, 0.2) is 0 Å². The molecule has 3 fully saturated rings. The SMILES string of the molecule is CCc1cc(O)cc2c1C[C@@H]1[C@@H]3CCC(=O)C[C@]23CCN1CC1CC1. The summed E-state index contributed by atoms with van der Waals surface area (Å²) >= 11 is 0. The highest BCUT2D eigenvalue weighted by Crippen LogP contribution is 2.56. The summed E-state index contributed by atoms with van der Waals surface area (Å²) in [6.07, 6.45) is 8.48. The van der Waals surface area contributed by atoms with Gasteiger partial charge >= 0.3 is 0 Å². The average molecular weight is 339 g/mol. The number of nitrogens with zero attached hydrogens (tertiary/aromatic N) is 1. The molecule has 0 amide bonds. The molecule has 1 aromatic carbocycles. The lowest BCUT2D eigenvalue weighted by Gasteiger charge is -2.59. The zero-order valence-electron chi connectivity index (χ0n) is 15.3. The average Bonchev–Trinajstić information content (AvgIpc) is 3.41. The zero-order valence-corrected chi connectivity index (χ0v) is 15.3. The molecule has 1 aliphatic heterocycles. The van der Waals surface area contributed by atoms with Crippen molar-refractivity contribution in [2.24, 2.45) is 11.8 Å². The van der Waals surface area contributed by atoms with Crippen molar-refractivity contribution in [3.63, 3.8) is 0 Å². The summed E-state index contributed by atoms with van der Waals surface area (Å²) in [7, 11) is 0. The number of piperidine rings is 1. The molecule has 134 valence electrons. The van der Waals surface area contributed by atoms with Gasteiger partial charge < -0.3 is 5.11 Å². The second-order valence-electron chi connectivity index (χ2n) is 8.96. The number of aryl methyl sites for hydroxylation is 1. The van der Waals surface area contributed by atoms with E-state index < -0.39 is 0 Å². The summed E-state index contributed by atoms with van der Waals surface area (Å²) < 4.78 is 0. The molecule has 3 nitrogen and oxygen atoms in total. The first-order valence-electron chi connectivity index (χ1n) is 10.2. The van der Waals surface area contributed by atoms with Crippen molar-refractivity contribution < 1.29 is 9.90 Å². The van der Waals surface area contributed by atoms with Gasteiger partial charge in [-0.2, -0.15) is 0 Å². The van der Waals surface area contributed by atoms with E-state index in [-0.39, 0.29) is 5.41 Å². The van der Waals surface area contributed by atoms with E-state index in [1.165, 1.54) is 36.1 Å². The molecular weight excluding hydrogens is 310 g/mol. The van der Waals surface area contributed by atoms with Gasteiger partial charge in [-0.3, -0.25) is 9.69 Å². The Balaban J connectivity index is 1.64. The first-order valence-corrected chi connectivity index (χ1v) is 10.2. The molecule has 3 aliphatic carbocycles. The number of fused-ring (bicyclic) bond motifs is 1. The minimum atomic E-state index is -0.00368. The molecule has 1 saturated heterocycles. The third-order valence-electron chi connectivity index (χ3n) is 7.58. The molecule has 1 N–H and O–H groups in total. The fourth-order valence-corrected chi connectivity index (χ4v) is 6.25. The van der Waals surface area contributed by atoms with Gasteiger partial charge in [0.05, 0.1) is 0 Å². The summed E-state index contributed by atoms with van der Waals surface area (Å²) in [6.45, 7) is 4.57. The van der Waals surface area contributed by atoms with Crippen molar-refractivity contribution in [1.82, 2.24) is 4.90 Å². The minimum Gasteiger partial charge on any atom is -0.508 e. The van der Waals surface area contributed by atoms with Gasteiger partial charge in [-0.15, -0.1) is 0 Å². The van der Waals surface area contributed by atoms with Crippen LogP contribution in [0, 0.1) is 11.8 Å². The van der Waals surface area contributed by atoms with Crippen molar-refractivity contribution in [3.8, 4) is 5.75 Å². The van der Waals surface area contributed by atoms with E-state index in [2.05, 4.69) is 11.8 Å². The number of benzene rings is 1. The molecule has 2 bridgehead atoms. The van der Waals surface area contributed by atoms with Gasteiger partial charge in [0.2, 0.25) is 0 Å². The monoisotopic (exact) mass is 339 g/mol. The Morgan fingerprint density at radius 2 is 2.12 bits per heavy atom. The van der Waals surface area contributed by atoms with Crippen molar-refractivity contribution >= 4 is 5.78 Å². The normalized spacial score (nSPS) is 34.5. The largest absolute Gasteiger partial charge is 0.508 e. The van der Waals surface area contributed by atoms with Crippen LogP contribution in [-0.4, -0.2) is 34.9 Å². The van der Waals surface area contributed by atoms with Gasteiger partial charge in [-0.05, 0) is 85.7 Å². The van der Waals surface area contributed by atoms with Crippen LogP contribution in [0.4, 0.5) is 0 Å². The van der Waals surface area contributed by atoms with E-state index in [1.54, 1.807) is 0 Å². The van der Waals surface area contributed by atoms with E-state index in [9.17, 15) is 9.90 Å². The number of Topliss-reactive ketones (excluding diaryl/α,β-unsaturated/α-hetero) is 1. The summed E-state index contributed by atoms with van der Waals surface area (Å²) in [5.74, 6) is 2.33. The maximum absolute atomic E-state index is 12.5. The Labute approximate surface area is 150 Å². The van der Waals surface area contributed by atoms with Crippen molar-refractivity contribution in [3.05, 3.63) is 28.8 Å². The van der Waals surface area contributed by atoms with Crippen molar-refractivity contribution in [2.45, 2.75) is 69.7 Å². The molecule has 2 saturated carbocycles. The van der Waals surface area contributed by atoms with Gasteiger partial charge in [0.1, 0.15) is 11.5 Å². The van der Waals surface area contributed by atoms with Crippen LogP contribution in [0.3, 0.4) is 0 Å². The predicted octanol–water partition coefficient (Wildman–Crippen LogP) is 3.60. The van der Waals surface area contributed by atoms with E-state index >= 15 is 0 Å². The summed E-state index contributed by atoms with van der Waals surface area (Å²) in [6, 6.07) is 4.57. The quantitative estimate of drug-likeness (QED) is 0.915. The first-order chi connectivity index (χ1) is 12.1. The number of carbonyl (C=O) groups excluding carboxylic acids is 1. The highest BCUT2D eigenvalue weighted by Gasteiger charge is 2.56. The molecule has 1 aromatic rings. The number of hydrogen-bond acceptors (Lipinski definition) is 3. The maximum Gasteiger partial charge on any atom is 0.133 e. The standard InChI is InChI=1S/C22H29NO2/c1-2-15-9-17(25)10-20-18(15)11-21-19-6-5-16(24)12-22(19,20)7-8-23(21)13-14-3-4-14/h9-10,14,19,21,25H,2-8,11-13H2,1H3/t19-,21+,22-/m0/s1. The lowest BCUT2D eigenvalue weighted by atomic mass is 9.51. The first kappa shape index (κ1) is 15.9. The van der Waals surface area contributed by atoms with Crippen LogP contribution in [-0.2, 0) is 23.1 Å². The van der Waals surface area contributed by atoms with E-state index in [0.717, 1.165) is 44.6 Å². The lowest BCUT2D eigenvalue weighted by Crippen LogP contribution is -2.62. The molecule has 3 atom stereocenters. The molecule has 25 heavy (non-hydrogen) atoms. The Bertz CT molecular complexity index is 723. The molecule has 0 aromatic heterocycles. The smallest absolute Gasteiger partial charge is 0.133 e. The third-order valence-corrected chi connectivity index (χ3v) is 7.58. The molecule has 0 unspecified atom stereocenters. The van der Waals surface area contributed by atoms with Crippen LogP contribution in [0.25, 0.3) is 0 Å².